The summed E-state index contributed by atoms with van der Waals surface area (Å²) in [7, 11) is 0. The number of benzene rings is 1. The molecule has 0 saturated carbocycles. The maximum absolute atomic E-state index is 11.4. The first-order valence-corrected chi connectivity index (χ1v) is 7.82. The molecule has 0 radical (unpaired) electrons. The molecule has 1 amide bonds. The standard InChI is InChI=1S/C15H15NO4S.Na/c17-12-8-13-16(12)14(15(18)19)11(20-13)6-7-21-9-10-4-2-1-3-5-10;/h1-6,13-14H,7-9H2,(H,18,19);/q;+1/p-1. The molecule has 2 aliphatic heterocycles. The summed E-state index contributed by atoms with van der Waals surface area (Å²) in [4.78, 5) is 23.8. The van der Waals surface area contributed by atoms with Crippen LogP contribution >= 0.6 is 11.8 Å². The van der Waals surface area contributed by atoms with Crippen molar-refractivity contribution in [2.75, 3.05) is 5.75 Å². The zero-order valence-electron chi connectivity index (χ0n) is 12.2. The van der Waals surface area contributed by atoms with Crippen LogP contribution in [0.15, 0.2) is 42.2 Å². The van der Waals surface area contributed by atoms with Crippen LogP contribution in [-0.4, -0.2) is 34.8 Å². The number of carboxylic acids is 1. The summed E-state index contributed by atoms with van der Waals surface area (Å²) in [6.07, 6.45) is 1.56. The first-order chi connectivity index (χ1) is 10.2. The van der Waals surface area contributed by atoms with E-state index in [1.54, 1.807) is 17.8 Å². The van der Waals surface area contributed by atoms with Gasteiger partial charge in [0.25, 0.3) is 0 Å². The number of ether oxygens (including phenoxy) is 1. The Hall–Kier alpha value is -0.950. The summed E-state index contributed by atoms with van der Waals surface area (Å²) >= 11 is 1.66. The molecular formula is C15H14NNaO4S. The second-order valence-corrected chi connectivity index (χ2v) is 5.94. The van der Waals surface area contributed by atoms with Crippen molar-refractivity contribution in [3.05, 3.63) is 47.7 Å². The number of aliphatic carboxylic acids is 1. The van der Waals surface area contributed by atoms with Crippen molar-refractivity contribution >= 4 is 23.6 Å². The summed E-state index contributed by atoms with van der Waals surface area (Å²) in [5.41, 5.74) is 1.21. The van der Waals surface area contributed by atoms with E-state index in [1.807, 2.05) is 30.3 Å². The fourth-order valence-corrected chi connectivity index (χ4v) is 3.28. The molecule has 0 bridgehead atoms. The van der Waals surface area contributed by atoms with E-state index >= 15 is 0 Å². The number of carbonyl (C=O) groups excluding carboxylic acids is 2. The topological polar surface area (TPSA) is 69.7 Å². The molecule has 1 aromatic rings. The van der Waals surface area contributed by atoms with E-state index in [1.165, 1.54) is 10.5 Å². The Balaban J connectivity index is 0.00000176. The zero-order valence-corrected chi connectivity index (χ0v) is 15.0. The summed E-state index contributed by atoms with van der Waals surface area (Å²) in [6.45, 7) is 0. The van der Waals surface area contributed by atoms with E-state index in [0.29, 0.717) is 11.5 Å². The molecule has 2 atom stereocenters. The van der Waals surface area contributed by atoms with Gasteiger partial charge in [0.15, 0.2) is 6.23 Å². The van der Waals surface area contributed by atoms with Crippen LogP contribution < -0.4 is 34.7 Å². The minimum absolute atomic E-state index is 0. The number of nitrogens with zero attached hydrogens (tertiary/aromatic N) is 1. The van der Waals surface area contributed by atoms with Crippen LogP contribution in [0, 0.1) is 0 Å². The molecule has 0 aromatic heterocycles. The van der Waals surface area contributed by atoms with Crippen molar-refractivity contribution in [1.29, 1.82) is 0 Å². The third-order valence-corrected chi connectivity index (χ3v) is 4.44. The van der Waals surface area contributed by atoms with Gasteiger partial charge in [-0.15, -0.1) is 0 Å². The molecule has 0 aliphatic carbocycles. The Labute approximate surface area is 155 Å². The fraction of sp³-hybridized carbons (Fsp3) is 0.333. The van der Waals surface area contributed by atoms with Crippen LogP contribution in [0.5, 0.6) is 0 Å². The van der Waals surface area contributed by atoms with Crippen LogP contribution in [0.1, 0.15) is 12.0 Å². The number of rotatable bonds is 5. The van der Waals surface area contributed by atoms with Gasteiger partial charge in [0.2, 0.25) is 5.91 Å². The minimum Gasteiger partial charge on any atom is -0.547 e. The van der Waals surface area contributed by atoms with Gasteiger partial charge in [0, 0.05) is 11.5 Å². The number of β-lactam (4-membered cyclic amide) rings is 1. The van der Waals surface area contributed by atoms with Crippen molar-refractivity contribution in [3.8, 4) is 0 Å². The third kappa shape index (κ3) is 3.51. The first-order valence-electron chi connectivity index (χ1n) is 6.67. The number of carboxylic acid groups (broad SMARTS) is 1. The Morgan fingerprint density at radius 2 is 2.14 bits per heavy atom. The van der Waals surface area contributed by atoms with Crippen molar-refractivity contribution < 1.29 is 49.0 Å². The predicted molar refractivity (Wildman–Crippen MR) is 75.8 cm³/mol. The largest absolute Gasteiger partial charge is 1.00 e. The molecule has 5 nitrogen and oxygen atoms in total. The molecule has 110 valence electrons. The molecule has 7 heteroatoms. The van der Waals surface area contributed by atoms with E-state index in [0.717, 1.165) is 5.75 Å². The van der Waals surface area contributed by atoms with Crippen LogP contribution in [0.25, 0.3) is 0 Å². The number of hydrogen-bond donors (Lipinski definition) is 0. The Kier molecular flexibility index (Phi) is 5.97. The molecule has 2 unspecified atom stereocenters. The van der Waals surface area contributed by atoms with Gasteiger partial charge < -0.3 is 14.6 Å². The molecule has 2 aliphatic rings. The quantitative estimate of drug-likeness (QED) is 0.340. The average molecular weight is 327 g/mol. The number of thioether (sulfide) groups is 1. The summed E-state index contributed by atoms with van der Waals surface area (Å²) in [5.74, 6) is 0.306. The van der Waals surface area contributed by atoms with Gasteiger partial charge in [-0.25, -0.2) is 0 Å². The van der Waals surface area contributed by atoms with E-state index in [4.69, 9.17) is 4.74 Å². The molecule has 2 saturated heterocycles. The van der Waals surface area contributed by atoms with Crippen LogP contribution in [-0.2, 0) is 20.1 Å². The van der Waals surface area contributed by atoms with Gasteiger partial charge in [-0.05, 0) is 11.6 Å². The van der Waals surface area contributed by atoms with Gasteiger partial charge in [-0.3, -0.25) is 9.69 Å². The Morgan fingerprint density at radius 1 is 1.41 bits per heavy atom. The van der Waals surface area contributed by atoms with Crippen molar-refractivity contribution in [2.45, 2.75) is 24.4 Å². The second-order valence-electron chi connectivity index (χ2n) is 4.91. The zero-order chi connectivity index (χ0) is 14.8. The van der Waals surface area contributed by atoms with E-state index in [-0.39, 0.29) is 41.9 Å². The summed E-state index contributed by atoms with van der Waals surface area (Å²) in [5, 5.41) is 11.2. The minimum atomic E-state index is -1.29. The van der Waals surface area contributed by atoms with Gasteiger partial charge in [-0.2, -0.15) is 11.8 Å². The summed E-state index contributed by atoms with van der Waals surface area (Å²) in [6, 6.07) is 8.96. The summed E-state index contributed by atoms with van der Waals surface area (Å²) < 4.78 is 5.49. The predicted octanol–water partition coefficient (Wildman–Crippen LogP) is -2.49. The normalized spacial score (nSPS) is 24.3. The number of fused-ring (bicyclic) bond motifs is 1. The number of hydrogen-bond acceptors (Lipinski definition) is 5. The maximum Gasteiger partial charge on any atom is 1.00 e. The molecule has 1 aromatic carbocycles. The molecule has 22 heavy (non-hydrogen) atoms. The maximum atomic E-state index is 11.4. The van der Waals surface area contributed by atoms with Gasteiger partial charge in [0.1, 0.15) is 11.8 Å². The molecule has 0 N–H and O–H groups in total. The first kappa shape index (κ1) is 17.4. The Bertz CT molecular complexity index is 592. The van der Waals surface area contributed by atoms with Crippen LogP contribution in [0.3, 0.4) is 0 Å². The average Bonchev–Trinajstić information content (AvgIpc) is 2.77. The molecule has 2 fully saturated rings. The van der Waals surface area contributed by atoms with Gasteiger partial charge in [-0.1, -0.05) is 30.3 Å². The van der Waals surface area contributed by atoms with Crippen molar-refractivity contribution in [2.24, 2.45) is 0 Å². The van der Waals surface area contributed by atoms with Crippen LogP contribution in [0.2, 0.25) is 0 Å². The van der Waals surface area contributed by atoms with E-state index in [2.05, 4.69) is 0 Å². The van der Waals surface area contributed by atoms with Gasteiger partial charge in [0.05, 0.1) is 12.4 Å². The Morgan fingerprint density at radius 3 is 2.77 bits per heavy atom. The smallest absolute Gasteiger partial charge is 0.547 e. The van der Waals surface area contributed by atoms with Crippen molar-refractivity contribution in [3.63, 3.8) is 0 Å². The number of amides is 1. The number of carbonyl (C=O) groups is 2. The molecular weight excluding hydrogens is 313 g/mol. The van der Waals surface area contributed by atoms with Crippen molar-refractivity contribution in [1.82, 2.24) is 4.90 Å². The molecule has 0 spiro atoms. The second kappa shape index (κ2) is 7.55. The molecule has 2 heterocycles. The van der Waals surface area contributed by atoms with Gasteiger partial charge >= 0.3 is 29.6 Å². The molecule has 3 rings (SSSR count). The monoisotopic (exact) mass is 327 g/mol. The van der Waals surface area contributed by atoms with Crippen LogP contribution in [0.4, 0.5) is 0 Å². The fourth-order valence-electron chi connectivity index (χ4n) is 2.45. The SMILES string of the molecule is O=C([O-])C1C(=CCSCc2ccccc2)OC2CC(=O)N21.[Na+]. The third-order valence-electron chi connectivity index (χ3n) is 3.50. The van der Waals surface area contributed by atoms with E-state index in [9.17, 15) is 14.7 Å². The van der Waals surface area contributed by atoms with E-state index < -0.39 is 18.2 Å².